The van der Waals surface area contributed by atoms with Gasteiger partial charge in [0, 0.05) is 25.8 Å². The summed E-state index contributed by atoms with van der Waals surface area (Å²) in [7, 11) is 0. The summed E-state index contributed by atoms with van der Waals surface area (Å²) in [6.07, 6.45) is -0.0226. The molecule has 24 heavy (non-hydrogen) atoms. The van der Waals surface area contributed by atoms with E-state index in [1.54, 1.807) is 0 Å². The zero-order chi connectivity index (χ0) is 17.3. The Hall–Kier alpha value is -2.22. The lowest BCUT2D eigenvalue weighted by atomic mass is 9.87. The highest BCUT2D eigenvalue weighted by molar-refractivity contribution is 5.87. The molecule has 2 N–H and O–H groups in total. The Morgan fingerprint density at radius 2 is 1.83 bits per heavy atom. The van der Waals surface area contributed by atoms with E-state index >= 15 is 0 Å². The molecule has 0 spiro atoms. The molecule has 1 aromatic rings. The maximum Gasteiger partial charge on any atom is 0.408 e. The number of nitrogens with one attached hydrogen (secondary N) is 1. The molecule has 0 radical (unpaired) electrons. The highest BCUT2D eigenvalue weighted by Gasteiger charge is 2.42. The molecule has 3 rings (SSSR count). The molecule has 2 unspecified atom stereocenters. The average molecular weight is 340 g/mol. The molecule has 2 amide bonds. The number of halogens is 2. The quantitative estimate of drug-likeness (QED) is 0.862. The fourth-order valence-corrected chi connectivity index (χ4v) is 3.42. The molecule has 2 atom stereocenters. The van der Waals surface area contributed by atoms with E-state index in [9.17, 15) is 23.5 Å². The van der Waals surface area contributed by atoms with E-state index in [1.165, 1.54) is 0 Å². The van der Waals surface area contributed by atoms with E-state index in [2.05, 4.69) is 5.32 Å². The first kappa shape index (κ1) is 16.6. The molecule has 0 aromatic heterocycles. The summed E-state index contributed by atoms with van der Waals surface area (Å²) in [5.41, 5.74) is 0.206. The second-order valence-electron chi connectivity index (χ2n) is 6.09. The maximum absolute atomic E-state index is 13.4. The molecule has 2 fully saturated rings. The number of carbonyl (C=O) groups is 2. The highest BCUT2D eigenvalue weighted by Crippen LogP contribution is 2.29. The third-order valence-electron chi connectivity index (χ3n) is 4.55. The summed E-state index contributed by atoms with van der Waals surface area (Å²) in [4.78, 5) is 25.2. The summed E-state index contributed by atoms with van der Waals surface area (Å²) < 4.78 is 32.1. The van der Waals surface area contributed by atoms with E-state index in [0.717, 1.165) is 23.1 Å². The van der Waals surface area contributed by atoms with Crippen LogP contribution in [0.4, 0.5) is 13.6 Å². The Morgan fingerprint density at radius 3 is 2.42 bits per heavy atom. The minimum Gasteiger partial charge on any atom is -0.465 e. The molecule has 0 bridgehead atoms. The van der Waals surface area contributed by atoms with Gasteiger partial charge in [0.05, 0.1) is 6.04 Å². The van der Waals surface area contributed by atoms with Crippen molar-refractivity contribution >= 4 is 12.0 Å². The van der Waals surface area contributed by atoms with Crippen LogP contribution in [0, 0.1) is 17.6 Å². The van der Waals surface area contributed by atoms with Crippen molar-refractivity contribution in [3.05, 3.63) is 35.4 Å². The molecule has 130 valence electrons. The predicted molar refractivity (Wildman–Crippen MR) is 79.3 cm³/mol. The van der Waals surface area contributed by atoms with Gasteiger partial charge < -0.3 is 15.2 Å². The number of ether oxygens (including phenoxy) is 1. The van der Waals surface area contributed by atoms with Gasteiger partial charge in [-0.05, 0) is 36.5 Å². The van der Waals surface area contributed by atoms with Gasteiger partial charge in [0.1, 0.15) is 17.7 Å². The van der Waals surface area contributed by atoms with Crippen molar-refractivity contribution in [1.29, 1.82) is 0 Å². The number of carboxylic acid groups (broad SMARTS) is 1. The topological polar surface area (TPSA) is 78.9 Å². The van der Waals surface area contributed by atoms with Crippen molar-refractivity contribution in [3.63, 3.8) is 0 Å². The largest absolute Gasteiger partial charge is 0.465 e. The van der Waals surface area contributed by atoms with Crippen LogP contribution in [0.1, 0.15) is 24.4 Å². The fourth-order valence-electron chi connectivity index (χ4n) is 3.42. The second kappa shape index (κ2) is 6.72. The lowest BCUT2D eigenvalue weighted by Crippen LogP contribution is -2.61. The van der Waals surface area contributed by atoms with Crippen LogP contribution in [0.2, 0.25) is 0 Å². The van der Waals surface area contributed by atoms with E-state index in [0.29, 0.717) is 26.1 Å². The summed E-state index contributed by atoms with van der Waals surface area (Å²) in [5, 5.41) is 12.2. The molecule has 1 aromatic carbocycles. The van der Waals surface area contributed by atoms with Crippen LogP contribution in [-0.4, -0.2) is 47.8 Å². The summed E-state index contributed by atoms with van der Waals surface area (Å²) in [6.45, 7) is 0.923. The van der Waals surface area contributed by atoms with E-state index in [-0.39, 0.29) is 18.0 Å². The van der Waals surface area contributed by atoms with Crippen LogP contribution in [-0.2, 0) is 9.53 Å². The van der Waals surface area contributed by atoms with Gasteiger partial charge in [-0.15, -0.1) is 0 Å². The molecular formula is C16H18F2N2O4. The molecule has 8 heteroatoms. The highest BCUT2D eigenvalue weighted by atomic mass is 19.1. The van der Waals surface area contributed by atoms with E-state index in [4.69, 9.17) is 4.74 Å². The lowest BCUT2D eigenvalue weighted by Gasteiger charge is -2.42. The Kier molecular flexibility index (Phi) is 4.66. The van der Waals surface area contributed by atoms with Gasteiger partial charge in [-0.25, -0.2) is 13.6 Å². The average Bonchev–Trinajstić information content (AvgIpc) is 2.54. The standard InChI is InChI=1S/C16H18F2N2O4/c17-11-5-10(6-12(18)7-11)13-8-20(16(22)23)14(15(21)19-13)9-1-3-24-4-2-9/h5-7,9,13-14H,1-4,8H2,(H,19,21)(H,22,23). The first-order valence-electron chi connectivity index (χ1n) is 7.79. The lowest BCUT2D eigenvalue weighted by molar-refractivity contribution is -0.133. The third kappa shape index (κ3) is 3.33. The van der Waals surface area contributed by atoms with Crippen molar-refractivity contribution in [2.45, 2.75) is 24.9 Å². The van der Waals surface area contributed by atoms with Crippen LogP contribution in [0.5, 0.6) is 0 Å². The number of nitrogens with zero attached hydrogens (tertiary/aromatic N) is 1. The Balaban J connectivity index is 1.85. The molecule has 0 saturated carbocycles. The Labute approximate surface area is 137 Å². The van der Waals surface area contributed by atoms with Crippen molar-refractivity contribution in [2.24, 2.45) is 5.92 Å². The third-order valence-corrected chi connectivity index (χ3v) is 4.55. The number of carbonyl (C=O) groups excluding carboxylic acids is 1. The number of amides is 2. The van der Waals surface area contributed by atoms with Gasteiger partial charge in [0.25, 0.3) is 0 Å². The van der Waals surface area contributed by atoms with Gasteiger partial charge in [0.15, 0.2) is 0 Å². The number of benzene rings is 1. The predicted octanol–water partition coefficient (Wildman–Crippen LogP) is 1.91. The van der Waals surface area contributed by atoms with Crippen LogP contribution in [0.3, 0.4) is 0 Å². The smallest absolute Gasteiger partial charge is 0.408 e. The van der Waals surface area contributed by atoms with E-state index in [1.807, 2.05) is 0 Å². The summed E-state index contributed by atoms with van der Waals surface area (Å²) in [6, 6.07) is 1.34. The summed E-state index contributed by atoms with van der Waals surface area (Å²) >= 11 is 0. The minimum absolute atomic E-state index is 0.0496. The van der Waals surface area contributed by atoms with Crippen molar-refractivity contribution < 1.29 is 28.2 Å². The number of piperazine rings is 1. The van der Waals surface area contributed by atoms with Crippen LogP contribution in [0.25, 0.3) is 0 Å². The zero-order valence-electron chi connectivity index (χ0n) is 12.9. The minimum atomic E-state index is -1.22. The van der Waals surface area contributed by atoms with E-state index < -0.39 is 35.7 Å². The van der Waals surface area contributed by atoms with Crippen LogP contribution in [0.15, 0.2) is 18.2 Å². The normalized spacial score (nSPS) is 25.4. The monoisotopic (exact) mass is 340 g/mol. The molecule has 0 aliphatic carbocycles. The van der Waals surface area contributed by atoms with Crippen molar-refractivity contribution in [2.75, 3.05) is 19.8 Å². The first-order valence-corrected chi connectivity index (χ1v) is 7.79. The second-order valence-corrected chi connectivity index (χ2v) is 6.09. The number of hydrogen-bond donors (Lipinski definition) is 2. The first-order chi connectivity index (χ1) is 11.5. The zero-order valence-corrected chi connectivity index (χ0v) is 12.9. The Bertz CT molecular complexity index is 629. The maximum atomic E-state index is 13.4. The van der Waals surface area contributed by atoms with Gasteiger partial charge in [-0.2, -0.15) is 0 Å². The molecule has 6 nitrogen and oxygen atoms in total. The van der Waals surface area contributed by atoms with Crippen molar-refractivity contribution in [1.82, 2.24) is 10.2 Å². The van der Waals surface area contributed by atoms with Gasteiger partial charge >= 0.3 is 6.09 Å². The molecule has 2 saturated heterocycles. The summed E-state index contributed by atoms with van der Waals surface area (Å²) in [5.74, 6) is -2.11. The fraction of sp³-hybridized carbons (Fsp3) is 0.500. The molecule has 2 heterocycles. The van der Waals surface area contributed by atoms with Gasteiger partial charge in [-0.3, -0.25) is 9.69 Å². The van der Waals surface area contributed by atoms with Gasteiger partial charge in [0.2, 0.25) is 5.91 Å². The van der Waals surface area contributed by atoms with Crippen LogP contribution >= 0.6 is 0 Å². The SMILES string of the molecule is O=C1NC(c2cc(F)cc(F)c2)CN(C(=O)O)C1C1CCOCC1. The molecular weight excluding hydrogens is 322 g/mol. The number of hydrogen-bond acceptors (Lipinski definition) is 3. The molecule has 2 aliphatic heterocycles. The number of rotatable bonds is 2. The van der Waals surface area contributed by atoms with Crippen LogP contribution < -0.4 is 5.32 Å². The molecule has 2 aliphatic rings. The Morgan fingerprint density at radius 1 is 1.21 bits per heavy atom. The van der Waals surface area contributed by atoms with Gasteiger partial charge in [-0.1, -0.05) is 0 Å². The van der Waals surface area contributed by atoms with Crippen molar-refractivity contribution in [3.8, 4) is 0 Å².